The van der Waals surface area contributed by atoms with Gasteiger partial charge in [-0.15, -0.1) is 0 Å². The van der Waals surface area contributed by atoms with Gasteiger partial charge in [-0.3, -0.25) is 0 Å². The summed E-state index contributed by atoms with van der Waals surface area (Å²) in [4.78, 5) is 12.9. The van der Waals surface area contributed by atoms with Gasteiger partial charge in [0.05, 0.1) is 22.1 Å². The lowest BCUT2D eigenvalue weighted by atomic mass is 9.71. The molecule has 0 aliphatic carbocycles. The van der Waals surface area contributed by atoms with Crippen LogP contribution in [-0.4, -0.2) is 45.7 Å². The van der Waals surface area contributed by atoms with Crippen molar-refractivity contribution in [3.05, 3.63) is 65.7 Å². The fourth-order valence-electron chi connectivity index (χ4n) is 3.54. The number of carbonyl (C=O) groups excluding carboxylic acids is 1. The van der Waals surface area contributed by atoms with Crippen molar-refractivity contribution in [3.63, 3.8) is 0 Å². The number of methoxy groups -OCH3 is 1. The Morgan fingerprint density at radius 1 is 1.27 bits per heavy atom. The third-order valence-electron chi connectivity index (χ3n) is 4.84. The number of rotatable bonds is 6. The van der Waals surface area contributed by atoms with Gasteiger partial charge in [0.1, 0.15) is 11.9 Å². The van der Waals surface area contributed by atoms with E-state index in [9.17, 15) is 4.79 Å². The first kappa shape index (κ1) is 12.1. The Morgan fingerprint density at radius 3 is 2.88 bits per heavy atom. The summed E-state index contributed by atoms with van der Waals surface area (Å²) in [7, 11) is -2.70. The molecule has 0 spiro atoms. The van der Waals surface area contributed by atoms with Gasteiger partial charge in [0.15, 0.2) is 0 Å². The minimum atomic E-state index is -2.70. The highest BCUT2D eigenvalue weighted by molar-refractivity contribution is 5.89. The number of hydrogen-bond acceptors (Lipinski definition) is 5. The van der Waals surface area contributed by atoms with Crippen molar-refractivity contribution >= 4 is 5.97 Å². The van der Waals surface area contributed by atoms with E-state index in [-0.39, 0.29) is 18.8 Å². The topological polar surface area (TPSA) is 59.6 Å². The fourth-order valence-corrected chi connectivity index (χ4v) is 3.54. The van der Waals surface area contributed by atoms with Crippen molar-refractivity contribution in [1.82, 2.24) is 10.6 Å². The van der Waals surface area contributed by atoms with Crippen molar-refractivity contribution in [2.45, 2.75) is 17.9 Å². The summed E-state index contributed by atoms with van der Waals surface area (Å²) in [5, 5.41) is 5.77. The Morgan fingerprint density at radius 2 is 2.08 bits per heavy atom. The summed E-state index contributed by atoms with van der Waals surface area (Å²) in [6.07, 6.45) is -0.323. The van der Waals surface area contributed by atoms with Gasteiger partial charge in [-0.2, -0.15) is 0 Å². The maximum Gasteiger partial charge on any atom is 0.338 e. The third-order valence-corrected chi connectivity index (χ3v) is 4.84. The number of esters is 1. The average Bonchev–Trinajstić information content (AvgIpc) is 2.73. The lowest BCUT2D eigenvalue weighted by Gasteiger charge is -2.44. The quantitative estimate of drug-likeness (QED) is 0.775. The Balaban J connectivity index is 2.04. The average molecular weight is 360 g/mol. The number of benzene rings is 2. The van der Waals surface area contributed by atoms with Gasteiger partial charge < -0.3 is 20.1 Å². The zero-order chi connectivity index (χ0) is 23.4. The molecule has 2 N–H and O–H groups in total. The second-order valence-corrected chi connectivity index (χ2v) is 6.33. The monoisotopic (exact) mass is 360 g/mol. The second-order valence-electron chi connectivity index (χ2n) is 6.33. The van der Waals surface area contributed by atoms with E-state index in [1.54, 1.807) is 48.5 Å². The summed E-state index contributed by atoms with van der Waals surface area (Å²) >= 11 is 0. The van der Waals surface area contributed by atoms with Crippen LogP contribution in [-0.2, 0) is 10.2 Å². The smallest absolute Gasteiger partial charge is 0.338 e. The van der Waals surface area contributed by atoms with Crippen LogP contribution < -0.4 is 15.4 Å². The lowest BCUT2D eigenvalue weighted by Crippen LogP contribution is -2.59. The fraction of sp³-hybridized carbons (Fsp3) is 0.381. The van der Waals surface area contributed by atoms with Crippen LogP contribution >= 0.6 is 0 Å². The van der Waals surface area contributed by atoms with Crippen LogP contribution in [0.4, 0.5) is 0 Å². The summed E-state index contributed by atoms with van der Waals surface area (Å²) in [5.41, 5.74) is -0.263. The number of nitrogens with one attached hydrogen (secondary N) is 2. The molecule has 2 unspecified atom stereocenters. The highest BCUT2D eigenvalue weighted by Gasteiger charge is 2.46. The van der Waals surface area contributed by atoms with Crippen LogP contribution in [0.3, 0.4) is 0 Å². The molecule has 1 saturated heterocycles. The van der Waals surface area contributed by atoms with Crippen LogP contribution in [0.15, 0.2) is 54.6 Å². The summed E-state index contributed by atoms with van der Waals surface area (Å²) in [6, 6.07) is 15.1. The number of hydrogen-bond donors (Lipinski definition) is 2. The van der Waals surface area contributed by atoms with E-state index in [2.05, 4.69) is 10.6 Å². The molecule has 1 heterocycles. The van der Waals surface area contributed by atoms with E-state index in [1.165, 1.54) is 6.07 Å². The molecule has 3 rings (SSSR count). The van der Waals surface area contributed by atoms with Crippen LogP contribution in [0.2, 0.25) is 0 Å². The van der Waals surface area contributed by atoms with Crippen molar-refractivity contribution in [2.75, 3.05) is 33.6 Å². The van der Waals surface area contributed by atoms with Gasteiger partial charge in [-0.1, -0.05) is 36.4 Å². The summed E-state index contributed by atoms with van der Waals surface area (Å²) in [6.45, 7) is -1.74. The normalized spacial score (nSPS) is 27.0. The van der Waals surface area contributed by atoms with Crippen molar-refractivity contribution in [3.8, 4) is 5.75 Å². The molecule has 5 heteroatoms. The number of likely N-dealkylation sites (N-methyl/N-ethyl adjacent to an activating group) is 1. The number of para-hydroxylation sites is 1. The summed E-state index contributed by atoms with van der Waals surface area (Å²) < 4.78 is 56.6. The van der Waals surface area contributed by atoms with Gasteiger partial charge in [0, 0.05) is 22.8 Å². The maximum absolute atomic E-state index is 12.9. The van der Waals surface area contributed by atoms with Gasteiger partial charge in [0.2, 0.25) is 0 Å². The van der Waals surface area contributed by atoms with Gasteiger partial charge in [-0.25, -0.2) is 4.79 Å². The molecule has 1 fully saturated rings. The first-order valence-corrected chi connectivity index (χ1v) is 8.50. The molecule has 0 radical (unpaired) electrons. The largest absolute Gasteiger partial charge is 0.496 e. The molecule has 1 aliphatic heterocycles. The molecule has 138 valence electrons. The number of carbonyl (C=O) groups is 1. The van der Waals surface area contributed by atoms with E-state index in [1.807, 2.05) is 0 Å². The Bertz CT molecular complexity index is 920. The van der Waals surface area contributed by atoms with Gasteiger partial charge in [0.25, 0.3) is 0 Å². The molecule has 2 aromatic rings. The molecule has 26 heavy (non-hydrogen) atoms. The highest BCUT2D eigenvalue weighted by atomic mass is 16.5. The number of piperidine rings is 1. The SMILES string of the molecule is [2H]C([2H])([2H])NCC1(c2ccccc2OC([2H])([2H])[2H])CNCCC1OC(=O)c1ccccc1. The molecule has 1 aliphatic rings. The van der Waals surface area contributed by atoms with E-state index in [0.717, 1.165) is 0 Å². The Kier molecular flexibility index (Phi) is 3.88. The molecular formula is C21H26N2O3. The van der Waals surface area contributed by atoms with E-state index in [0.29, 0.717) is 24.1 Å². The molecule has 5 nitrogen and oxygen atoms in total. The lowest BCUT2D eigenvalue weighted by molar-refractivity contribution is -0.00629. The Hall–Kier alpha value is -2.37. The molecule has 0 aromatic heterocycles. The standard InChI is InChI=1S/C21H26N2O3/c1-22-14-21(17-10-6-7-11-18(17)25-2)15-23-13-12-19(21)26-20(24)16-8-4-3-5-9-16/h3-11,19,22-23H,12-15H2,1-2H3/i1D3,2D3. The first-order valence-electron chi connectivity index (χ1n) is 11.5. The van der Waals surface area contributed by atoms with Crippen LogP contribution in [0.25, 0.3) is 0 Å². The minimum absolute atomic E-state index is 0.0873. The van der Waals surface area contributed by atoms with Gasteiger partial charge >= 0.3 is 5.97 Å². The molecule has 0 saturated carbocycles. The van der Waals surface area contributed by atoms with Crippen molar-refractivity contribution < 1.29 is 22.5 Å². The zero-order valence-corrected chi connectivity index (χ0v) is 14.3. The predicted molar refractivity (Wildman–Crippen MR) is 102 cm³/mol. The van der Waals surface area contributed by atoms with Gasteiger partial charge in [-0.05, 0) is 38.1 Å². The van der Waals surface area contributed by atoms with E-state index in [4.69, 9.17) is 17.7 Å². The molecular weight excluding hydrogens is 328 g/mol. The van der Waals surface area contributed by atoms with Crippen LogP contribution in [0, 0.1) is 0 Å². The summed E-state index contributed by atoms with van der Waals surface area (Å²) in [5.74, 6) is -0.450. The third kappa shape index (κ3) is 3.59. The molecule has 2 aromatic carbocycles. The van der Waals surface area contributed by atoms with Crippen molar-refractivity contribution in [1.29, 1.82) is 0 Å². The van der Waals surface area contributed by atoms with Crippen molar-refractivity contribution in [2.24, 2.45) is 0 Å². The van der Waals surface area contributed by atoms with Crippen LogP contribution in [0.5, 0.6) is 5.75 Å². The van der Waals surface area contributed by atoms with Crippen LogP contribution in [0.1, 0.15) is 30.6 Å². The zero-order valence-electron chi connectivity index (χ0n) is 20.3. The first-order chi connectivity index (χ1) is 15.0. The predicted octanol–water partition coefficient (Wildman–Crippen LogP) is 2.37. The second kappa shape index (κ2) is 8.34. The maximum atomic E-state index is 12.9. The molecule has 0 amide bonds. The highest BCUT2D eigenvalue weighted by Crippen LogP contribution is 2.38. The number of ether oxygens (including phenoxy) is 2. The Labute approximate surface area is 163 Å². The van der Waals surface area contributed by atoms with E-state index < -0.39 is 31.5 Å². The van der Waals surface area contributed by atoms with E-state index >= 15 is 0 Å². The minimum Gasteiger partial charge on any atom is -0.496 e. The molecule has 0 bridgehead atoms. The molecule has 2 atom stereocenters.